The van der Waals surface area contributed by atoms with Crippen LogP contribution in [-0.2, 0) is 0 Å². The zero-order chi connectivity index (χ0) is 11.7. The van der Waals surface area contributed by atoms with Crippen LogP contribution in [0.1, 0.15) is 5.56 Å². The molecule has 0 atom stereocenters. The molecule has 0 unspecified atom stereocenters. The van der Waals surface area contributed by atoms with E-state index in [4.69, 9.17) is 0 Å². The number of aryl methyl sites for hydroxylation is 1. The highest BCUT2D eigenvalue weighted by atomic mass is 14.6. The summed E-state index contributed by atoms with van der Waals surface area (Å²) >= 11 is 0. The first-order valence-electron chi connectivity index (χ1n) is 5.75. The maximum atomic E-state index is 4.08. The SMILES string of the molecule is Cc1ccc2ccccc2c1-c1ccncc1. The molecule has 0 amide bonds. The lowest BCUT2D eigenvalue weighted by molar-refractivity contribution is 1.33. The Balaban J connectivity index is 2.39. The molecule has 3 aromatic rings. The molecule has 17 heavy (non-hydrogen) atoms. The molecular weight excluding hydrogens is 206 g/mol. The van der Waals surface area contributed by atoms with Crippen LogP contribution in [-0.4, -0.2) is 4.98 Å². The third kappa shape index (κ3) is 1.70. The van der Waals surface area contributed by atoms with E-state index in [1.165, 1.54) is 27.5 Å². The second-order valence-electron chi connectivity index (χ2n) is 4.21. The van der Waals surface area contributed by atoms with E-state index in [0.29, 0.717) is 0 Å². The fourth-order valence-corrected chi connectivity index (χ4v) is 2.28. The van der Waals surface area contributed by atoms with E-state index in [0.717, 1.165) is 0 Å². The molecule has 1 nitrogen and oxygen atoms in total. The van der Waals surface area contributed by atoms with Crippen molar-refractivity contribution >= 4 is 10.8 Å². The fraction of sp³-hybridized carbons (Fsp3) is 0.0625. The van der Waals surface area contributed by atoms with Crippen LogP contribution in [0, 0.1) is 6.92 Å². The second-order valence-corrected chi connectivity index (χ2v) is 4.21. The lowest BCUT2D eigenvalue weighted by atomic mass is 9.95. The van der Waals surface area contributed by atoms with Crippen molar-refractivity contribution in [3.05, 3.63) is 66.5 Å². The predicted molar refractivity (Wildman–Crippen MR) is 71.9 cm³/mol. The third-order valence-electron chi connectivity index (χ3n) is 3.11. The van der Waals surface area contributed by atoms with Gasteiger partial charge in [-0.15, -0.1) is 0 Å². The number of benzene rings is 2. The number of fused-ring (bicyclic) bond motifs is 1. The highest BCUT2D eigenvalue weighted by Gasteiger charge is 2.06. The average Bonchev–Trinajstić information content (AvgIpc) is 2.39. The number of hydrogen-bond donors (Lipinski definition) is 0. The van der Waals surface area contributed by atoms with Crippen LogP contribution in [0.25, 0.3) is 21.9 Å². The Morgan fingerprint density at radius 2 is 1.59 bits per heavy atom. The van der Waals surface area contributed by atoms with Crippen LogP contribution in [0.2, 0.25) is 0 Å². The Bertz CT molecular complexity index is 657. The number of nitrogens with zero attached hydrogens (tertiary/aromatic N) is 1. The Labute approximate surface area is 101 Å². The van der Waals surface area contributed by atoms with Crippen LogP contribution in [0.5, 0.6) is 0 Å². The van der Waals surface area contributed by atoms with E-state index in [1.54, 1.807) is 0 Å². The smallest absolute Gasteiger partial charge is 0.0273 e. The Kier molecular flexibility index (Phi) is 2.37. The Morgan fingerprint density at radius 3 is 2.41 bits per heavy atom. The third-order valence-corrected chi connectivity index (χ3v) is 3.11. The first-order chi connectivity index (χ1) is 8.36. The second kappa shape index (κ2) is 4.02. The molecular formula is C16H13N. The highest BCUT2D eigenvalue weighted by molar-refractivity contribution is 5.98. The van der Waals surface area contributed by atoms with Gasteiger partial charge in [0.1, 0.15) is 0 Å². The number of rotatable bonds is 1. The van der Waals surface area contributed by atoms with Crippen molar-refractivity contribution in [2.45, 2.75) is 6.92 Å². The minimum Gasteiger partial charge on any atom is -0.265 e. The monoisotopic (exact) mass is 219 g/mol. The Hall–Kier alpha value is -2.15. The molecule has 0 N–H and O–H groups in total. The normalized spacial score (nSPS) is 10.6. The van der Waals surface area contributed by atoms with Gasteiger partial charge >= 0.3 is 0 Å². The van der Waals surface area contributed by atoms with E-state index >= 15 is 0 Å². The summed E-state index contributed by atoms with van der Waals surface area (Å²) in [4.78, 5) is 4.08. The molecule has 1 heterocycles. The standard InChI is InChI=1S/C16H13N/c1-12-6-7-13-4-2-3-5-15(13)16(12)14-8-10-17-11-9-14/h2-11H,1H3. The largest absolute Gasteiger partial charge is 0.265 e. The molecule has 2 aromatic carbocycles. The van der Waals surface area contributed by atoms with Crippen LogP contribution in [0.15, 0.2) is 60.9 Å². The highest BCUT2D eigenvalue weighted by Crippen LogP contribution is 2.31. The summed E-state index contributed by atoms with van der Waals surface area (Å²) in [6.45, 7) is 2.15. The van der Waals surface area contributed by atoms with Gasteiger partial charge in [0.15, 0.2) is 0 Å². The van der Waals surface area contributed by atoms with E-state index in [1.807, 2.05) is 12.4 Å². The minimum atomic E-state index is 1.23. The van der Waals surface area contributed by atoms with Gasteiger partial charge < -0.3 is 0 Å². The summed E-state index contributed by atoms with van der Waals surface area (Å²) in [5.41, 5.74) is 3.84. The van der Waals surface area contributed by atoms with Gasteiger partial charge in [-0.05, 0) is 46.5 Å². The summed E-state index contributed by atoms with van der Waals surface area (Å²) in [5.74, 6) is 0. The van der Waals surface area contributed by atoms with Crippen LogP contribution < -0.4 is 0 Å². The van der Waals surface area contributed by atoms with Gasteiger partial charge in [-0.2, -0.15) is 0 Å². The number of aromatic nitrogens is 1. The molecule has 0 saturated carbocycles. The van der Waals surface area contributed by atoms with Crippen molar-refractivity contribution in [2.75, 3.05) is 0 Å². The summed E-state index contributed by atoms with van der Waals surface area (Å²) in [5, 5.41) is 2.59. The topological polar surface area (TPSA) is 12.9 Å². The minimum absolute atomic E-state index is 1.23. The molecule has 1 heteroatoms. The van der Waals surface area contributed by atoms with Gasteiger partial charge in [0.05, 0.1) is 0 Å². The van der Waals surface area contributed by atoms with Crippen LogP contribution in [0.3, 0.4) is 0 Å². The number of hydrogen-bond acceptors (Lipinski definition) is 1. The Morgan fingerprint density at radius 1 is 0.824 bits per heavy atom. The molecule has 0 fully saturated rings. The molecule has 0 radical (unpaired) electrons. The van der Waals surface area contributed by atoms with Gasteiger partial charge in [0.25, 0.3) is 0 Å². The molecule has 3 rings (SSSR count). The molecule has 0 bridgehead atoms. The summed E-state index contributed by atoms with van der Waals surface area (Å²) in [6, 6.07) is 17.0. The molecule has 0 spiro atoms. The average molecular weight is 219 g/mol. The molecule has 0 aliphatic rings. The van der Waals surface area contributed by atoms with E-state index in [-0.39, 0.29) is 0 Å². The van der Waals surface area contributed by atoms with Gasteiger partial charge in [-0.25, -0.2) is 0 Å². The molecule has 0 saturated heterocycles. The van der Waals surface area contributed by atoms with Gasteiger partial charge in [-0.3, -0.25) is 4.98 Å². The van der Waals surface area contributed by atoms with Gasteiger partial charge in [-0.1, -0.05) is 36.4 Å². The lowest BCUT2D eigenvalue weighted by Gasteiger charge is -2.10. The molecule has 0 aliphatic carbocycles. The van der Waals surface area contributed by atoms with Crippen molar-refractivity contribution in [3.8, 4) is 11.1 Å². The van der Waals surface area contributed by atoms with Crippen LogP contribution in [0.4, 0.5) is 0 Å². The maximum absolute atomic E-state index is 4.08. The van der Waals surface area contributed by atoms with Crippen molar-refractivity contribution in [1.29, 1.82) is 0 Å². The number of pyridine rings is 1. The first kappa shape index (κ1) is 10.0. The van der Waals surface area contributed by atoms with Gasteiger partial charge in [0, 0.05) is 12.4 Å². The fourth-order valence-electron chi connectivity index (χ4n) is 2.28. The summed E-state index contributed by atoms with van der Waals surface area (Å²) < 4.78 is 0. The predicted octanol–water partition coefficient (Wildman–Crippen LogP) is 4.21. The van der Waals surface area contributed by atoms with Crippen molar-refractivity contribution in [1.82, 2.24) is 4.98 Å². The van der Waals surface area contributed by atoms with E-state index in [2.05, 4.69) is 60.4 Å². The van der Waals surface area contributed by atoms with Crippen molar-refractivity contribution in [2.24, 2.45) is 0 Å². The quantitative estimate of drug-likeness (QED) is 0.597. The first-order valence-corrected chi connectivity index (χ1v) is 5.75. The van der Waals surface area contributed by atoms with Crippen LogP contribution >= 0.6 is 0 Å². The van der Waals surface area contributed by atoms with E-state index < -0.39 is 0 Å². The van der Waals surface area contributed by atoms with Crippen molar-refractivity contribution in [3.63, 3.8) is 0 Å². The van der Waals surface area contributed by atoms with Gasteiger partial charge in [0.2, 0.25) is 0 Å². The molecule has 0 aliphatic heterocycles. The van der Waals surface area contributed by atoms with E-state index in [9.17, 15) is 0 Å². The summed E-state index contributed by atoms with van der Waals surface area (Å²) in [7, 11) is 0. The maximum Gasteiger partial charge on any atom is 0.0273 e. The zero-order valence-corrected chi connectivity index (χ0v) is 9.72. The molecule has 1 aromatic heterocycles. The zero-order valence-electron chi connectivity index (χ0n) is 9.72. The lowest BCUT2D eigenvalue weighted by Crippen LogP contribution is -1.86. The molecule has 82 valence electrons. The summed E-state index contributed by atoms with van der Waals surface area (Å²) in [6.07, 6.45) is 3.69. The van der Waals surface area contributed by atoms with Crippen molar-refractivity contribution < 1.29 is 0 Å².